The molecule has 0 radical (unpaired) electrons. The van der Waals surface area contributed by atoms with Crippen LogP contribution in [0.5, 0.6) is 0 Å². The number of hydrogen-bond acceptors (Lipinski definition) is 6. The fraction of sp³-hybridized carbons (Fsp3) is 0.516. The molecule has 1 unspecified atom stereocenters. The fourth-order valence-corrected chi connectivity index (χ4v) is 7.45. The van der Waals surface area contributed by atoms with Crippen LogP contribution in [-0.4, -0.2) is 49.2 Å². The van der Waals surface area contributed by atoms with E-state index in [1.807, 2.05) is 23.3 Å². The van der Waals surface area contributed by atoms with Crippen LogP contribution >= 0.6 is 0 Å². The number of rotatable bonds is 9. The van der Waals surface area contributed by atoms with Gasteiger partial charge in [-0.1, -0.05) is 43.2 Å². The zero-order valence-electron chi connectivity index (χ0n) is 22.0. The molecule has 1 saturated carbocycles. The molecule has 1 atom stereocenters. The van der Waals surface area contributed by atoms with Gasteiger partial charge in [0.2, 0.25) is 0 Å². The lowest BCUT2D eigenvalue weighted by Gasteiger charge is -2.51. The number of hydrogen-bond donors (Lipinski definition) is 2. The standard InChI is InChI=1S/C31H42N6/c32-16-19-37(34)24-31(28-8-4-5-9-28,27-6-2-1-3-7-27)29-14-17-35(18-15-29)21-26-22-36(23-26)30-12-10-25(20-33)11-13-30/h1-3,6-7,10-13,16,19,26,28-29H,4-5,8-9,14-15,17-18,21-24,32,34H2/b19-16-. The second kappa shape index (κ2) is 11.6. The van der Waals surface area contributed by atoms with E-state index in [9.17, 15) is 0 Å². The molecule has 3 aliphatic rings. The maximum absolute atomic E-state index is 9.04. The highest BCUT2D eigenvalue weighted by molar-refractivity contribution is 5.51. The van der Waals surface area contributed by atoms with Crippen molar-refractivity contribution < 1.29 is 0 Å². The van der Waals surface area contributed by atoms with Gasteiger partial charge in [-0.05, 0) is 80.4 Å². The predicted octanol–water partition coefficient (Wildman–Crippen LogP) is 4.44. The van der Waals surface area contributed by atoms with Crippen LogP contribution in [0.25, 0.3) is 0 Å². The summed E-state index contributed by atoms with van der Waals surface area (Å²) < 4.78 is 0. The summed E-state index contributed by atoms with van der Waals surface area (Å²) in [5.74, 6) is 8.51. The normalized spacial score (nSPS) is 21.6. The number of nitrogens with two attached hydrogens (primary N) is 2. The summed E-state index contributed by atoms with van der Waals surface area (Å²) in [6.07, 6.45) is 11.1. The highest BCUT2D eigenvalue weighted by Gasteiger charge is 2.48. The first-order chi connectivity index (χ1) is 18.1. The van der Waals surface area contributed by atoms with Crippen molar-refractivity contribution in [2.45, 2.75) is 43.9 Å². The van der Waals surface area contributed by atoms with Gasteiger partial charge in [-0.25, -0.2) is 5.84 Å². The van der Waals surface area contributed by atoms with Crippen LogP contribution in [0.15, 0.2) is 67.0 Å². The lowest BCUT2D eigenvalue weighted by atomic mass is 9.59. The van der Waals surface area contributed by atoms with Crippen LogP contribution in [0.4, 0.5) is 5.69 Å². The SMILES string of the molecule is N#Cc1ccc(N2CC(CN3CCC(C(CN(N)/C=C\N)(c4ccccc4)C4CCCC4)CC3)C2)cc1. The molecule has 4 N–H and O–H groups in total. The Morgan fingerprint density at radius 3 is 2.22 bits per heavy atom. The minimum absolute atomic E-state index is 0.0565. The Balaban J connectivity index is 1.24. The highest BCUT2D eigenvalue weighted by atomic mass is 15.4. The summed E-state index contributed by atoms with van der Waals surface area (Å²) in [7, 11) is 0. The first kappa shape index (κ1) is 25.6. The average Bonchev–Trinajstić information content (AvgIpc) is 3.46. The number of likely N-dealkylation sites (tertiary alicyclic amines) is 1. The topological polar surface area (TPSA) is 85.5 Å². The van der Waals surface area contributed by atoms with Gasteiger partial charge in [0.1, 0.15) is 0 Å². The Hall–Kier alpha value is -3.01. The molecule has 196 valence electrons. The van der Waals surface area contributed by atoms with Crippen molar-refractivity contribution in [2.75, 3.05) is 44.2 Å². The first-order valence-electron chi connectivity index (χ1n) is 14.0. The van der Waals surface area contributed by atoms with Gasteiger partial charge in [0.25, 0.3) is 0 Å². The lowest BCUT2D eigenvalue weighted by molar-refractivity contribution is 0.0574. The maximum Gasteiger partial charge on any atom is 0.0991 e. The number of anilines is 1. The molecule has 2 saturated heterocycles. The third kappa shape index (κ3) is 5.49. The molecule has 37 heavy (non-hydrogen) atoms. The van der Waals surface area contributed by atoms with Gasteiger partial charge < -0.3 is 20.5 Å². The molecule has 0 bridgehead atoms. The summed E-state index contributed by atoms with van der Waals surface area (Å²) in [6.45, 7) is 6.54. The smallest absolute Gasteiger partial charge is 0.0991 e. The van der Waals surface area contributed by atoms with Gasteiger partial charge in [-0.3, -0.25) is 0 Å². The molecular weight excluding hydrogens is 456 g/mol. The molecule has 3 fully saturated rings. The van der Waals surface area contributed by atoms with Crippen molar-refractivity contribution in [2.24, 2.45) is 29.3 Å². The number of piperidine rings is 1. The second-order valence-electron chi connectivity index (χ2n) is 11.4. The second-order valence-corrected chi connectivity index (χ2v) is 11.4. The Kier molecular flexibility index (Phi) is 8.02. The van der Waals surface area contributed by atoms with Crippen LogP contribution in [0.3, 0.4) is 0 Å². The molecule has 2 aromatic carbocycles. The van der Waals surface area contributed by atoms with Gasteiger partial charge in [0.15, 0.2) is 0 Å². The molecule has 0 aromatic heterocycles. The molecule has 2 aliphatic heterocycles. The van der Waals surface area contributed by atoms with Crippen LogP contribution in [0.1, 0.15) is 49.7 Å². The van der Waals surface area contributed by atoms with Crippen molar-refractivity contribution in [3.63, 3.8) is 0 Å². The number of nitriles is 1. The monoisotopic (exact) mass is 498 g/mol. The maximum atomic E-state index is 9.04. The zero-order chi connectivity index (χ0) is 25.7. The van der Waals surface area contributed by atoms with E-state index < -0.39 is 0 Å². The number of benzene rings is 2. The van der Waals surface area contributed by atoms with E-state index in [1.165, 1.54) is 56.3 Å². The predicted molar refractivity (Wildman–Crippen MR) is 150 cm³/mol. The lowest BCUT2D eigenvalue weighted by Crippen LogP contribution is -2.56. The van der Waals surface area contributed by atoms with Crippen molar-refractivity contribution in [1.82, 2.24) is 9.91 Å². The molecule has 2 aromatic rings. The Bertz CT molecular complexity index is 1060. The van der Waals surface area contributed by atoms with E-state index in [1.54, 1.807) is 6.20 Å². The zero-order valence-corrected chi connectivity index (χ0v) is 22.0. The molecule has 1 aliphatic carbocycles. The van der Waals surface area contributed by atoms with Crippen molar-refractivity contribution in [1.29, 1.82) is 5.26 Å². The van der Waals surface area contributed by atoms with Gasteiger partial charge in [0.05, 0.1) is 11.6 Å². The molecule has 6 nitrogen and oxygen atoms in total. The summed E-state index contributed by atoms with van der Waals surface area (Å²) in [4.78, 5) is 5.13. The van der Waals surface area contributed by atoms with Crippen LogP contribution in [0, 0.1) is 29.1 Å². The van der Waals surface area contributed by atoms with E-state index in [-0.39, 0.29) is 5.41 Å². The molecule has 0 spiro atoms. The molecule has 5 rings (SSSR count). The van der Waals surface area contributed by atoms with Crippen molar-refractivity contribution in [3.8, 4) is 6.07 Å². The fourth-order valence-electron chi connectivity index (χ4n) is 7.45. The van der Waals surface area contributed by atoms with E-state index in [2.05, 4.69) is 58.3 Å². The largest absolute Gasteiger partial charge is 0.403 e. The Labute approximate surface area is 222 Å². The molecular formula is C31H42N6. The number of nitrogens with zero attached hydrogens (tertiary/aromatic N) is 4. The minimum Gasteiger partial charge on any atom is -0.403 e. The molecule has 6 heteroatoms. The summed E-state index contributed by atoms with van der Waals surface area (Å²) >= 11 is 0. The molecule has 0 amide bonds. The van der Waals surface area contributed by atoms with Crippen molar-refractivity contribution in [3.05, 3.63) is 78.1 Å². The van der Waals surface area contributed by atoms with Gasteiger partial charge >= 0.3 is 0 Å². The highest BCUT2D eigenvalue weighted by Crippen LogP contribution is 2.50. The van der Waals surface area contributed by atoms with Crippen LogP contribution in [0.2, 0.25) is 0 Å². The van der Waals surface area contributed by atoms with Crippen LogP contribution < -0.4 is 16.5 Å². The average molecular weight is 499 g/mol. The van der Waals surface area contributed by atoms with Crippen LogP contribution in [-0.2, 0) is 5.41 Å². The quantitative estimate of drug-likeness (QED) is 0.393. The third-order valence-corrected chi connectivity index (χ3v) is 9.27. The Morgan fingerprint density at radius 1 is 0.946 bits per heavy atom. The van der Waals surface area contributed by atoms with Crippen molar-refractivity contribution >= 4 is 5.69 Å². The van der Waals surface area contributed by atoms with E-state index in [4.69, 9.17) is 16.8 Å². The Morgan fingerprint density at radius 2 is 1.59 bits per heavy atom. The van der Waals surface area contributed by atoms with E-state index in [0.29, 0.717) is 11.8 Å². The minimum atomic E-state index is 0.0565. The van der Waals surface area contributed by atoms with E-state index >= 15 is 0 Å². The summed E-state index contributed by atoms with van der Waals surface area (Å²) in [5.41, 5.74) is 9.21. The molecule has 2 heterocycles. The summed E-state index contributed by atoms with van der Waals surface area (Å²) in [6, 6.07) is 21.4. The number of hydrazine groups is 1. The van der Waals surface area contributed by atoms with E-state index in [0.717, 1.165) is 44.2 Å². The first-order valence-corrected chi connectivity index (χ1v) is 14.0. The summed E-state index contributed by atoms with van der Waals surface area (Å²) in [5, 5.41) is 10.9. The third-order valence-electron chi connectivity index (χ3n) is 9.27. The van der Waals surface area contributed by atoms with Gasteiger partial charge in [-0.15, -0.1) is 0 Å². The van der Waals surface area contributed by atoms with Gasteiger partial charge in [-0.2, -0.15) is 5.26 Å². The van der Waals surface area contributed by atoms with Gasteiger partial charge in [0, 0.05) is 55.6 Å².